The molecule has 22 heavy (non-hydrogen) atoms. The molecule has 0 fully saturated rings. The molecule has 0 saturated carbocycles. The first-order valence-corrected chi connectivity index (χ1v) is 7.15. The van der Waals surface area contributed by atoms with Crippen molar-refractivity contribution < 1.29 is 9.47 Å². The Morgan fingerprint density at radius 1 is 1.18 bits per heavy atom. The second-order valence-electron chi connectivity index (χ2n) is 5.06. The molecule has 2 aromatic heterocycles. The standard InChI is InChI=1S/C17H15N3O2/c1-21-16-11-12(5-7-18-16)17-19-8-9-20(17)14-3-2-4-15-13(14)6-10-22-15/h2-5,7-9,11H,6,10H2,1H3. The van der Waals surface area contributed by atoms with Gasteiger partial charge in [0.1, 0.15) is 11.6 Å². The van der Waals surface area contributed by atoms with Gasteiger partial charge in [0.2, 0.25) is 5.88 Å². The van der Waals surface area contributed by atoms with Crippen molar-refractivity contribution in [2.45, 2.75) is 6.42 Å². The summed E-state index contributed by atoms with van der Waals surface area (Å²) in [5.41, 5.74) is 3.30. The quantitative estimate of drug-likeness (QED) is 0.745. The maximum absolute atomic E-state index is 5.66. The van der Waals surface area contributed by atoms with E-state index >= 15 is 0 Å². The molecule has 0 unspecified atom stereocenters. The van der Waals surface area contributed by atoms with E-state index in [1.165, 1.54) is 5.56 Å². The Hall–Kier alpha value is -2.82. The fourth-order valence-electron chi connectivity index (χ4n) is 2.80. The van der Waals surface area contributed by atoms with Gasteiger partial charge in [0.25, 0.3) is 0 Å². The van der Waals surface area contributed by atoms with Gasteiger partial charge in [-0.15, -0.1) is 0 Å². The van der Waals surface area contributed by atoms with Crippen molar-refractivity contribution >= 4 is 0 Å². The number of imidazole rings is 1. The molecule has 0 aliphatic carbocycles. The maximum Gasteiger partial charge on any atom is 0.213 e. The molecule has 0 N–H and O–H groups in total. The molecular weight excluding hydrogens is 278 g/mol. The zero-order valence-corrected chi connectivity index (χ0v) is 12.2. The van der Waals surface area contributed by atoms with Gasteiger partial charge < -0.3 is 9.47 Å². The van der Waals surface area contributed by atoms with Crippen molar-refractivity contribution in [1.82, 2.24) is 14.5 Å². The van der Waals surface area contributed by atoms with Gasteiger partial charge in [-0.2, -0.15) is 0 Å². The Labute approximate surface area is 128 Å². The highest BCUT2D eigenvalue weighted by molar-refractivity contribution is 5.62. The number of ether oxygens (including phenoxy) is 2. The van der Waals surface area contributed by atoms with Crippen molar-refractivity contribution in [3.63, 3.8) is 0 Å². The molecule has 110 valence electrons. The fourth-order valence-corrected chi connectivity index (χ4v) is 2.80. The molecule has 5 heteroatoms. The van der Waals surface area contributed by atoms with Crippen LogP contribution < -0.4 is 9.47 Å². The third-order valence-corrected chi connectivity index (χ3v) is 3.82. The van der Waals surface area contributed by atoms with Gasteiger partial charge in [-0.1, -0.05) is 6.07 Å². The van der Waals surface area contributed by atoms with E-state index in [0.717, 1.165) is 35.9 Å². The number of hydrogen-bond donors (Lipinski definition) is 0. The van der Waals surface area contributed by atoms with E-state index in [0.29, 0.717) is 5.88 Å². The van der Waals surface area contributed by atoms with Crippen LogP contribution in [-0.2, 0) is 6.42 Å². The van der Waals surface area contributed by atoms with Crippen LogP contribution in [0, 0.1) is 0 Å². The molecule has 4 rings (SSSR count). The number of methoxy groups -OCH3 is 1. The minimum Gasteiger partial charge on any atom is -0.493 e. The highest BCUT2D eigenvalue weighted by Crippen LogP contribution is 2.33. The summed E-state index contributed by atoms with van der Waals surface area (Å²) < 4.78 is 12.9. The maximum atomic E-state index is 5.66. The summed E-state index contributed by atoms with van der Waals surface area (Å²) in [7, 11) is 1.61. The van der Waals surface area contributed by atoms with E-state index in [2.05, 4.69) is 20.6 Å². The highest BCUT2D eigenvalue weighted by atomic mass is 16.5. The van der Waals surface area contributed by atoms with Crippen LogP contribution in [0.4, 0.5) is 0 Å². The van der Waals surface area contributed by atoms with E-state index in [4.69, 9.17) is 9.47 Å². The molecule has 1 aliphatic heterocycles. The van der Waals surface area contributed by atoms with Crippen molar-refractivity contribution in [2.75, 3.05) is 13.7 Å². The minimum absolute atomic E-state index is 0.577. The first-order chi connectivity index (χ1) is 10.9. The van der Waals surface area contributed by atoms with Gasteiger partial charge in [0.05, 0.1) is 19.4 Å². The predicted molar refractivity (Wildman–Crippen MR) is 82.5 cm³/mol. The molecule has 5 nitrogen and oxygen atoms in total. The SMILES string of the molecule is COc1cc(-c2nccn2-c2cccc3c2CCO3)ccn1. The summed E-state index contributed by atoms with van der Waals surface area (Å²) in [6.45, 7) is 0.736. The lowest BCUT2D eigenvalue weighted by Gasteiger charge is -2.12. The van der Waals surface area contributed by atoms with Crippen molar-refractivity contribution in [3.8, 4) is 28.7 Å². The average molecular weight is 293 g/mol. The van der Waals surface area contributed by atoms with Crippen LogP contribution >= 0.6 is 0 Å². The predicted octanol–water partition coefficient (Wildman–Crippen LogP) is 2.88. The monoisotopic (exact) mass is 293 g/mol. The zero-order valence-electron chi connectivity index (χ0n) is 12.2. The van der Waals surface area contributed by atoms with Crippen LogP contribution in [0.1, 0.15) is 5.56 Å². The van der Waals surface area contributed by atoms with E-state index in [9.17, 15) is 0 Å². The van der Waals surface area contributed by atoms with Crippen LogP contribution in [0.15, 0.2) is 48.9 Å². The number of rotatable bonds is 3. The molecule has 1 aliphatic rings. The zero-order chi connectivity index (χ0) is 14.9. The van der Waals surface area contributed by atoms with E-state index in [-0.39, 0.29) is 0 Å². The first-order valence-electron chi connectivity index (χ1n) is 7.15. The molecule has 0 amide bonds. The molecule has 0 radical (unpaired) electrons. The van der Waals surface area contributed by atoms with Gasteiger partial charge in [0, 0.05) is 42.2 Å². The molecule has 0 atom stereocenters. The Bertz CT molecular complexity index is 826. The molecule has 1 aromatic carbocycles. The van der Waals surface area contributed by atoms with Gasteiger partial charge in [-0.25, -0.2) is 9.97 Å². The third kappa shape index (κ3) is 2.02. The third-order valence-electron chi connectivity index (χ3n) is 3.82. The Kier molecular flexibility index (Phi) is 3.04. The number of aromatic nitrogens is 3. The van der Waals surface area contributed by atoms with Gasteiger partial charge in [-0.3, -0.25) is 4.57 Å². The summed E-state index contributed by atoms with van der Waals surface area (Å²) in [4.78, 5) is 8.65. The normalized spacial score (nSPS) is 12.8. The summed E-state index contributed by atoms with van der Waals surface area (Å²) in [5, 5.41) is 0. The fraction of sp³-hybridized carbons (Fsp3) is 0.176. The number of pyridine rings is 1. The average Bonchev–Trinajstić information content (AvgIpc) is 3.23. The number of fused-ring (bicyclic) bond motifs is 1. The second kappa shape index (κ2) is 5.18. The summed E-state index contributed by atoms with van der Waals surface area (Å²) >= 11 is 0. The lowest BCUT2D eigenvalue weighted by molar-refractivity contribution is 0.357. The van der Waals surface area contributed by atoms with Crippen LogP contribution in [0.25, 0.3) is 17.1 Å². The van der Waals surface area contributed by atoms with Crippen molar-refractivity contribution in [2.24, 2.45) is 0 Å². The lowest BCUT2D eigenvalue weighted by atomic mass is 10.1. The van der Waals surface area contributed by atoms with E-state index in [1.54, 1.807) is 19.5 Å². The minimum atomic E-state index is 0.577. The molecule has 3 heterocycles. The number of nitrogens with zero attached hydrogens (tertiary/aromatic N) is 3. The Balaban J connectivity index is 1.86. The van der Waals surface area contributed by atoms with Gasteiger partial charge in [-0.05, 0) is 18.2 Å². The van der Waals surface area contributed by atoms with Crippen molar-refractivity contribution in [3.05, 3.63) is 54.5 Å². The van der Waals surface area contributed by atoms with Gasteiger partial charge >= 0.3 is 0 Å². The van der Waals surface area contributed by atoms with Crippen molar-refractivity contribution in [1.29, 1.82) is 0 Å². The second-order valence-corrected chi connectivity index (χ2v) is 5.06. The summed E-state index contributed by atoms with van der Waals surface area (Å²) in [6.07, 6.45) is 6.42. The Morgan fingerprint density at radius 2 is 2.14 bits per heavy atom. The largest absolute Gasteiger partial charge is 0.493 e. The number of benzene rings is 1. The van der Waals surface area contributed by atoms with Crippen LogP contribution in [0.2, 0.25) is 0 Å². The molecule has 3 aromatic rings. The van der Waals surface area contributed by atoms with Crippen LogP contribution in [0.5, 0.6) is 11.6 Å². The van der Waals surface area contributed by atoms with Crippen LogP contribution in [0.3, 0.4) is 0 Å². The Morgan fingerprint density at radius 3 is 3.05 bits per heavy atom. The van der Waals surface area contributed by atoms with E-state index in [1.807, 2.05) is 30.5 Å². The van der Waals surface area contributed by atoms with Crippen LogP contribution in [-0.4, -0.2) is 28.3 Å². The molecular formula is C17H15N3O2. The lowest BCUT2D eigenvalue weighted by Crippen LogP contribution is -2.00. The topological polar surface area (TPSA) is 49.2 Å². The number of hydrogen-bond acceptors (Lipinski definition) is 4. The molecule has 0 spiro atoms. The highest BCUT2D eigenvalue weighted by Gasteiger charge is 2.19. The molecule has 0 bridgehead atoms. The first kappa shape index (κ1) is 12.9. The smallest absolute Gasteiger partial charge is 0.213 e. The summed E-state index contributed by atoms with van der Waals surface area (Å²) in [6, 6.07) is 9.94. The molecule has 0 saturated heterocycles. The van der Waals surface area contributed by atoms with Gasteiger partial charge in [0.15, 0.2) is 0 Å². The summed E-state index contributed by atoms with van der Waals surface area (Å²) in [5.74, 6) is 2.40. The van der Waals surface area contributed by atoms with E-state index < -0.39 is 0 Å².